The highest BCUT2D eigenvalue weighted by Gasteiger charge is 2.28. The maximum absolute atomic E-state index is 12.3. The Morgan fingerprint density at radius 3 is 2.55 bits per heavy atom. The molecule has 2 rings (SSSR count). The van der Waals surface area contributed by atoms with Crippen molar-refractivity contribution in [1.29, 1.82) is 0 Å². The standard InChI is InChI=1S/C17H24N2O3/c1-17(2,3)22-16(21)19-14-11-7-10-13(18-15(14)20)12-8-5-4-6-9-12/h4-6,8-9,13-14H,7,10-11H2,1-3H3,(H,18,20)(H,19,21). The van der Waals surface area contributed by atoms with Crippen LogP contribution >= 0.6 is 0 Å². The average Bonchev–Trinajstić information content (AvgIpc) is 2.60. The third-order valence-corrected chi connectivity index (χ3v) is 3.51. The summed E-state index contributed by atoms with van der Waals surface area (Å²) in [6.45, 7) is 5.39. The molecule has 5 heteroatoms. The number of carbonyl (C=O) groups is 2. The fraction of sp³-hybridized carbons (Fsp3) is 0.529. The summed E-state index contributed by atoms with van der Waals surface area (Å²) in [6, 6.07) is 9.35. The van der Waals surface area contributed by atoms with Crippen molar-refractivity contribution in [1.82, 2.24) is 10.6 Å². The Kier molecular flexibility index (Phi) is 5.06. The summed E-state index contributed by atoms with van der Waals surface area (Å²) in [5.74, 6) is -0.155. The molecule has 120 valence electrons. The molecule has 1 aliphatic heterocycles. The maximum Gasteiger partial charge on any atom is 0.408 e. The summed E-state index contributed by atoms with van der Waals surface area (Å²) in [4.78, 5) is 24.1. The van der Waals surface area contributed by atoms with Crippen molar-refractivity contribution < 1.29 is 14.3 Å². The van der Waals surface area contributed by atoms with Crippen LogP contribution in [0.15, 0.2) is 30.3 Å². The molecule has 1 aromatic carbocycles. The first-order valence-electron chi connectivity index (χ1n) is 7.70. The van der Waals surface area contributed by atoms with E-state index in [4.69, 9.17) is 4.74 Å². The Hall–Kier alpha value is -2.04. The van der Waals surface area contributed by atoms with Crippen molar-refractivity contribution in [2.45, 2.75) is 57.7 Å². The van der Waals surface area contributed by atoms with Gasteiger partial charge in [-0.1, -0.05) is 30.3 Å². The van der Waals surface area contributed by atoms with Gasteiger partial charge in [0.05, 0.1) is 6.04 Å². The van der Waals surface area contributed by atoms with Crippen LogP contribution in [0.4, 0.5) is 4.79 Å². The molecule has 0 spiro atoms. The summed E-state index contributed by atoms with van der Waals surface area (Å²) in [5, 5.41) is 5.67. The van der Waals surface area contributed by atoms with Crippen LogP contribution in [0.1, 0.15) is 51.6 Å². The van der Waals surface area contributed by atoms with Gasteiger partial charge >= 0.3 is 6.09 Å². The largest absolute Gasteiger partial charge is 0.444 e. The lowest BCUT2D eigenvalue weighted by Crippen LogP contribution is -2.47. The van der Waals surface area contributed by atoms with Gasteiger partial charge in [0, 0.05) is 0 Å². The fourth-order valence-corrected chi connectivity index (χ4v) is 2.52. The molecule has 0 aliphatic carbocycles. The van der Waals surface area contributed by atoms with Gasteiger partial charge < -0.3 is 15.4 Å². The van der Waals surface area contributed by atoms with E-state index in [9.17, 15) is 9.59 Å². The molecule has 2 unspecified atom stereocenters. The van der Waals surface area contributed by atoms with E-state index in [-0.39, 0.29) is 11.9 Å². The third-order valence-electron chi connectivity index (χ3n) is 3.51. The molecule has 2 amide bonds. The predicted octanol–water partition coefficient (Wildman–Crippen LogP) is 2.92. The molecular weight excluding hydrogens is 280 g/mol. The van der Waals surface area contributed by atoms with Crippen LogP contribution in [-0.2, 0) is 9.53 Å². The number of amides is 2. The average molecular weight is 304 g/mol. The smallest absolute Gasteiger partial charge is 0.408 e. The van der Waals surface area contributed by atoms with Gasteiger partial charge in [-0.2, -0.15) is 0 Å². The summed E-state index contributed by atoms with van der Waals surface area (Å²) in [6.07, 6.45) is 1.79. The lowest BCUT2D eigenvalue weighted by molar-refractivity contribution is -0.123. The number of ether oxygens (including phenoxy) is 1. The number of benzene rings is 1. The second-order valence-corrected chi connectivity index (χ2v) is 6.60. The van der Waals surface area contributed by atoms with Gasteiger partial charge in [0.25, 0.3) is 0 Å². The van der Waals surface area contributed by atoms with Crippen LogP contribution in [0.2, 0.25) is 0 Å². The molecule has 22 heavy (non-hydrogen) atoms. The highest BCUT2D eigenvalue weighted by molar-refractivity contribution is 5.86. The maximum atomic E-state index is 12.3. The SMILES string of the molecule is CC(C)(C)OC(=O)NC1CCCC(c2ccccc2)NC1=O. The molecule has 1 fully saturated rings. The van der Waals surface area contributed by atoms with Gasteiger partial charge in [0.15, 0.2) is 0 Å². The summed E-state index contributed by atoms with van der Waals surface area (Å²) in [7, 11) is 0. The molecule has 0 bridgehead atoms. The van der Waals surface area contributed by atoms with E-state index in [2.05, 4.69) is 10.6 Å². The molecule has 2 atom stereocenters. The molecule has 5 nitrogen and oxygen atoms in total. The number of hydrogen-bond acceptors (Lipinski definition) is 3. The number of rotatable bonds is 2. The second kappa shape index (κ2) is 6.81. The molecule has 2 N–H and O–H groups in total. The normalized spacial score (nSPS) is 22.4. The van der Waals surface area contributed by atoms with E-state index in [1.807, 2.05) is 30.3 Å². The number of carbonyl (C=O) groups excluding carboxylic acids is 2. The second-order valence-electron chi connectivity index (χ2n) is 6.60. The van der Waals surface area contributed by atoms with E-state index in [1.165, 1.54) is 0 Å². The fourth-order valence-electron chi connectivity index (χ4n) is 2.52. The topological polar surface area (TPSA) is 67.4 Å². The lowest BCUT2D eigenvalue weighted by atomic mass is 10.0. The zero-order valence-electron chi connectivity index (χ0n) is 13.4. The lowest BCUT2D eigenvalue weighted by Gasteiger charge is -2.22. The van der Waals surface area contributed by atoms with E-state index >= 15 is 0 Å². The zero-order chi connectivity index (χ0) is 16.2. The van der Waals surface area contributed by atoms with Crippen LogP contribution in [-0.4, -0.2) is 23.6 Å². The first kappa shape index (κ1) is 16.3. The molecule has 0 aromatic heterocycles. The highest BCUT2D eigenvalue weighted by Crippen LogP contribution is 2.23. The van der Waals surface area contributed by atoms with Gasteiger partial charge in [-0.25, -0.2) is 4.79 Å². The number of alkyl carbamates (subject to hydrolysis) is 1. The van der Waals surface area contributed by atoms with Crippen molar-refractivity contribution in [3.05, 3.63) is 35.9 Å². The first-order valence-corrected chi connectivity index (χ1v) is 7.70. The van der Waals surface area contributed by atoms with Crippen LogP contribution in [0, 0.1) is 0 Å². The monoisotopic (exact) mass is 304 g/mol. The third kappa shape index (κ3) is 4.76. The van der Waals surface area contributed by atoms with Crippen LogP contribution in [0.5, 0.6) is 0 Å². The van der Waals surface area contributed by atoms with E-state index in [0.29, 0.717) is 6.42 Å². The molecule has 1 aromatic rings. The minimum atomic E-state index is -0.572. The van der Waals surface area contributed by atoms with Crippen LogP contribution in [0.25, 0.3) is 0 Å². The van der Waals surface area contributed by atoms with Crippen molar-refractivity contribution in [3.8, 4) is 0 Å². The Morgan fingerprint density at radius 2 is 1.91 bits per heavy atom. The highest BCUT2D eigenvalue weighted by atomic mass is 16.6. The van der Waals surface area contributed by atoms with Gasteiger partial charge in [0.2, 0.25) is 5.91 Å². The number of nitrogens with one attached hydrogen (secondary N) is 2. The van der Waals surface area contributed by atoms with Crippen LogP contribution in [0.3, 0.4) is 0 Å². The summed E-state index contributed by atoms with van der Waals surface area (Å²) in [5.41, 5.74) is 0.520. The van der Waals surface area contributed by atoms with Gasteiger partial charge in [-0.3, -0.25) is 4.79 Å². The predicted molar refractivity (Wildman–Crippen MR) is 84.3 cm³/mol. The zero-order valence-corrected chi connectivity index (χ0v) is 13.4. The van der Waals surface area contributed by atoms with Crippen molar-refractivity contribution >= 4 is 12.0 Å². The van der Waals surface area contributed by atoms with Gasteiger partial charge in [-0.05, 0) is 45.6 Å². The minimum Gasteiger partial charge on any atom is -0.444 e. The Labute approximate surface area is 131 Å². The van der Waals surface area contributed by atoms with Gasteiger partial charge in [0.1, 0.15) is 11.6 Å². The Morgan fingerprint density at radius 1 is 1.23 bits per heavy atom. The van der Waals surface area contributed by atoms with Crippen molar-refractivity contribution in [2.75, 3.05) is 0 Å². The van der Waals surface area contributed by atoms with E-state index in [1.54, 1.807) is 20.8 Å². The Balaban J connectivity index is 1.96. The molecular formula is C17H24N2O3. The Bertz CT molecular complexity index is 522. The summed E-state index contributed by atoms with van der Waals surface area (Å²) >= 11 is 0. The molecule has 1 heterocycles. The van der Waals surface area contributed by atoms with Crippen LogP contribution < -0.4 is 10.6 Å². The summed E-state index contributed by atoms with van der Waals surface area (Å²) < 4.78 is 5.21. The quantitative estimate of drug-likeness (QED) is 0.883. The molecule has 1 aliphatic rings. The molecule has 0 radical (unpaired) electrons. The first-order chi connectivity index (χ1) is 10.3. The van der Waals surface area contributed by atoms with Crippen molar-refractivity contribution in [3.63, 3.8) is 0 Å². The molecule has 0 saturated carbocycles. The van der Waals surface area contributed by atoms with Crippen molar-refractivity contribution in [2.24, 2.45) is 0 Å². The number of hydrogen-bond donors (Lipinski definition) is 2. The molecule has 1 saturated heterocycles. The van der Waals surface area contributed by atoms with E-state index < -0.39 is 17.7 Å². The van der Waals surface area contributed by atoms with Gasteiger partial charge in [-0.15, -0.1) is 0 Å². The van der Waals surface area contributed by atoms with E-state index in [0.717, 1.165) is 18.4 Å². The minimum absolute atomic E-state index is 0.000800.